The molecular formula is C23H18F3N3O4. The molecule has 33 heavy (non-hydrogen) atoms. The molecule has 1 aromatic heterocycles. The molecule has 0 bridgehead atoms. The van der Waals surface area contributed by atoms with Crippen LogP contribution in [0.1, 0.15) is 27.0 Å². The molecule has 2 N–H and O–H groups in total. The number of carbonyl (C=O) groups is 2. The molecule has 0 fully saturated rings. The molecule has 10 heteroatoms. The molecule has 170 valence electrons. The molecule has 0 radical (unpaired) electrons. The van der Waals surface area contributed by atoms with Crippen molar-refractivity contribution in [2.45, 2.75) is 19.3 Å². The van der Waals surface area contributed by atoms with E-state index in [9.17, 15) is 23.1 Å². The van der Waals surface area contributed by atoms with Gasteiger partial charge < -0.3 is 15.1 Å². The summed E-state index contributed by atoms with van der Waals surface area (Å²) in [6.45, 7) is 1.35. The predicted octanol–water partition coefficient (Wildman–Crippen LogP) is 4.51. The van der Waals surface area contributed by atoms with Gasteiger partial charge >= 0.3 is 18.1 Å². The van der Waals surface area contributed by atoms with Crippen LogP contribution < -0.4 is 0 Å². The van der Waals surface area contributed by atoms with Gasteiger partial charge in [0.2, 0.25) is 0 Å². The highest BCUT2D eigenvalue weighted by Gasteiger charge is 2.38. The number of hydrogen-bond donors (Lipinski definition) is 2. The van der Waals surface area contributed by atoms with Crippen LogP contribution >= 0.6 is 0 Å². The molecule has 7 nitrogen and oxygen atoms in total. The van der Waals surface area contributed by atoms with Gasteiger partial charge in [0, 0.05) is 31.0 Å². The summed E-state index contributed by atoms with van der Waals surface area (Å²) in [6.07, 6.45) is -1.47. The number of aromatic carboxylic acids is 1. The molecule has 3 aromatic rings. The SMILES string of the molecule is O=C(O)C(F)(F)F.O=C(O)c1ccc2c(c1)N=C(c1ccccc1)N(Cc1cccnc1)C2. The zero-order valence-corrected chi connectivity index (χ0v) is 17.0. The van der Waals surface area contributed by atoms with Crippen LogP contribution in [-0.4, -0.2) is 44.0 Å². The number of rotatable bonds is 4. The van der Waals surface area contributed by atoms with Crippen LogP contribution in [0.15, 0.2) is 78.0 Å². The average Bonchev–Trinajstić information content (AvgIpc) is 2.79. The maximum absolute atomic E-state index is 11.3. The van der Waals surface area contributed by atoms with Gasteiger partial charge in [-0.05, 0) is 29.3 Å². The van der Waals surface area contributed by atoms with Crippen LogP contribution in [-0.2, 0) is 17.9 Å². The van der Waals surface area contributed by atoms with Gasteiger partial charge in [-0.25, -0.2) is 14.6 Å². The third-order valence-electron chi connectivity index (χ3n) is 4.59. The summed E-state index contributed by atoms with van der Waals surface area (Å²) in [6, 6.07) is 19.0. The normalized spacial score (nSPS) is 12.7. The largest absolute Gasteiger partial charge is 0.490 e. The van der Waals surface area contributed by atoms with E-state index in [0.29, 0.717) is 18.8 Å². The second-order valence-electron chi connectivity index (χ2n) is 6.97. The number of benzene rings is 2. The lowest BCUT2D eigenvalue weighted by molar-refractivity contribution is -0.192. The average molecular weight is 457 g/mol. The zero-order chi connectivity index (χ0) is 24.0. The van der Waals surface area contributed by atoms with Crippen molar-refractivity contribution in [2.75, 3.05) is 0 Å². The highest BCUT2D eigenvalue weighted by molar-refractivity contribution is 6.02. The molecular weight excluding hydrogens is 439 g/mol. The van der Waals surface area contributed by atoms with Gasteiger partial charge in [-0.3, -0.25) is 4.98 Å². The Morgan fingerprint density at radius 2 is 1.70 bits per heavy atom. The summed E-state index contributed by atoms with van der Waals surface area (Å²) in [5.41, 5.74) is 4.08. The Hall–Kier alpha value is -4.21. The first kappa shape index (κ1) is 23.5. The van der Waals surface area contributed by atoms with E-state index in [2.05, 4.69) is 9.88 Å². The van der Waals surface area contributed by atoms with Gasteiger partial charge in [0.25, 0.3) is 0 Å². The molecule has 4 rings (SSSR count). The summed E-state index contributed by atoms with van der Waals surface area (Å²) >= 11 is 0. The molecule has 0 unspecified atom stereocenters. The van der Waals surface area contributed by atoms with Gasteiger partial charge in [0.1, 0.15) is 5.84 Å². The van der Waals surface area contributed by atoms with Gasteiger partial charge in [0.05, 0.1) is 11.3 Å². The lowest BCUT2D eigenvalue weighted by Gasteiger charge is -2.31. The van der Waals surface area contributed by atoms with Crippen molar-refractivity contribution in [3.8, 4) is 0 Å². The van der Waals surface area contributed by atoms with E-state index < -0.39 is 18.1 Å². The summed E-state index contributed by atoms with van der Waals surface area (Å²) < 4.78 is 31.7. The van der Waals surface area contributed by atoms with Crippen molar-refractivity contribution < 1.29 is 33.0 Å². The molecule has 2 aromatic carbocycles. The van der Waals surface area contributed by atoms with E-state index in [1.165, 1.54) is 0 Å². The van der Waals surface area contributed by atoms with Gasteiger partial charge in [0.15, 0.2) is 0 Å². The standard InChI is InChI=1S/C21H17N3O2.C2HF3O2/c25-21(26)17-8-9-18-14-24(13-15-5-4-10-22-12-15)20(23-19(18)11-17)16-6-2-1-3-7-16;3-2(4,5)1(6)7/h1-12H,13-14H2,(H,25,26);(H,6,7). The monoisotopic (exact) mass is 457 g/mol. The molecule has 0 aliphatic carbocycles. The number of aliphatic imine (C=N–C) groups is 1. The van der Waals surface area contributed by atoms with Crippen molar-refractivity contribution in [3.63, 3.8) is 0 Å². The smallest absolute Gasteiger partial charge is 0.478 e. The minimum Gasteiger partial charge on any atom is -0.478 e. The lowest BCUT2D eigenvalue weighted by atomic mass is 10.0. The lowest BCUT2D eigenvalue weighted by Crippen LogP contribution is -2.33. The van der Waals surface area contributed by atoms with E-state index in [4.69, 9.17) is 14.9 Å². The Kier molecular flexibility index (Phi) is 7.07. The maximum Gasteiger partial charge on any atom is 0.490 e. The minimum absolute atomic E-state index is 0.251. The summed E-state index contributed by atoms with van der Waals surface area (Å²) in [4.78, 5) is 31.3. The van der Waals surface area contributed by atoms with Crippen LogP contribution in [0.4, 0.5) is 18.9 Å². The number of hydrogen-bond acceptors (Lipinski definition) is 5. The molecule has 0 saturated heterocycles. The fraction of sp³-hybridized carbons (Fsp3) is 0.130. The number of amidine groups is 1. The highest BCUT2D eigenvalue weighted by atomic mass is 19.4. The number of alkyl halides is 3. The summed E-state index contributed by atoms with van der Waals surface area (Å²) in [5.74, 6) is -2.86. The Labute approximate surface area is 186 Å². The maximum atomic E-state index is 11.3. The second-order valence-corrected chi connectivity index (χ2v) is 6.97. The van der Waals surface area contributed by atoms with Crippen LogP contribution in [0.2, 0.25) is 0 Å². The number of carboxylic acids is 2. The first-order valence-electron chi connectivity index (χ1n) is 9.59. The summed E-state index contributed by atoms with van der Waals surface area (Å²) in [5, 5.41) is 16.4. The van der Waals surface area contributed by atoms with E-state index in [1.54, 1.807) is 18.3 Å². The number of nitrogens with zero attached hydrogens (tertiary/aromatic N) is 3. The second kappa shape index (κ2) is 9.94. The molecule has 1 aliphatic heterocycles. The Morgan fingerprint density at radius 1 is 1.00 bits per heavy atom. The van der Waals surface area contributed by atoms with Gasteiger partial charge in [-0.2, -0.15) is 13.2 Å². The van der Waals surface area contributed by atoms with Gasteiger partial charge in [-0.1, -0.05) is 42.5 Å². The van der Waals surface area contributed by atoms with Crippen LogP contribution in [0, 0.1) is 0 Å². The minimum atomic E-state index is -5.08. The quantitative estimate of drug-likeness (QED) is 0.598. The number of carboxylic acid groups (broad SMARTS) is 2. The van der Waals surface area contributed by atoms with E-state index >= 15 is 0 Å². The zero-order valence-electron chi connectivity index (χ0n) is 17.0. The fourth-order valence-electron chi connectivity index (χ4n) is 3.08. The van der Waals surface area contributed by atoms with Crippen LogP contribution in [0.25, 0.3) is 0 Å². The fourth-order valence-corrected chi connectivity index (χ4v) is 3.08. The third kappa shape index (κ3) is 6.16. The molecule has 1 aliphatic rings. The topological polar surface area (TPSA) is 103 Å². The van der Waals surface area contributed by atoms with E-state index in [0.717, 1.165) is 22.5 Å². The van der Waals surface area contributed by atoms with Crippen molar-refractivity contribution in [1.82, 2.24) is 9.88 Å². The van der Waals surface area contributed by atoms with Gasteiger partial charge in [-0.15, -0.1) is 0 Å². The number of halogens is 3. The predicted molar refractivity (Wildman–Crippen MR) is 113 cm³/mol. The molecule has 0 atom stereocenters. The van der Waals surface area contributed by atoms with E-state index in [1.807, 2.05) is 54.7 Å². The van der Waals surface area contributed by atoms with Crippen molar-refractivity contribution >= 4 is 23.5 Å². The molecule has 0 amide bonds. The van der Waals surface area contributed by atoms with E-state index in [-0.39, 0.29) is 5.56 Å². The number of fused-ring (bicyclic) bond motifs is 1. The molecule has 0 spiro atoms. The summed E-state index contributed by atoms with van der Waals surface area (Å²) in [7, 11) is 0. The van der Waals surface area contributed by atoms with Crippen molar-refractivity contribution in [3.05, 3.63) is 95.3 Å². The highest BCUT2D eigenvalue weighted by Crippen LogP contribution is 2.30. The van der Waals surface area contributed by atoms with Crippen molar-refractivity contribution in [1.29, 1.82) is 0 Å². The van der Waals surface area contributed by atoms with Crippen LogP contribution in [0.5, 0.6) is 0 Å². The van der Waals surface area contributed by atoms with Crippen molar-refractivity contribution in [2.24, 2.45) is 4.99 Å². The third-order valence-corrected chi connectivity index (χ3v) is 4.59. The first-order chi connectivity index (χ1) is 15.6. The number of pyridine rings is 1. The first-order valence-corrected chi connectivity index (χ1v) is 9.59. The van der Waals surface area contributed by atoms with Crippen LogP contribution in [0.3, 0.4) is 0 Å². The Bertz CT molecular complexity index is 1170. The number of aliphatic carboxylic acids is 1. The Balaban J connectivity index is 0.000000383. The Morgan fingerprint density at radius 3 is 2.27 bits per heavy atom. The number of aromatic nitrogens is 1. The molecule has 2 heterocycles. The molecule has 0 saturated carbocycles.